The smallest absolute Gasteiger partial charge is 0.224 e. The van der Waals surface area contributed by atoms with E-state index in [4.69, 9.17) is 4.74 Å². The number of carbonyl (C=O) groups excluding carboxylic acids is 1. The SMILES string of the molecule is CNCC(C)C(=O)NCCOCC1CC1.Cl. The molecule has 1 saturated carbocycles. The summed E-state index contributed by atoms with van der Waals surface area (Å²) in [5.74, 6) is 0.918. The highest BCUT2D eigenvalue weighted by Gasteiger charge is 2.20. The maximum absolute atomic E-state index is 11.4. The summed E-state index contributed by atoms with van der Waals surface area (Å²) < 4.78 is 5.42. The fourth-order valence-electron chi connectivity index (χ4n) is 1.35. The van der Waals surface area contributed by atoms with E-state index in [1.165, 1.54) is 12.8 Å². The summed E-state index contributed by atoms with van der Waals surface area (Å²) in [4.78, 5) is 11.4. The third-order valence-corrected chi connectivity index (χ3v) is 2.55. The first-order chi connectivity index (χ1) is 7.24. The number of halogens is 1. The predicted molar refractivity (Wildman–Crippen MR) is 66.9 cm³/mol. The summed E-state index contributed by atoms with van der Waals surface area (Å²) in [6.45, 7) is 4.75. The number of hydrogen-bond donors (Lipinski definition) is 2. The van der Waals surface area contributed by atoms with E-state index in [2.05, 4.69) is 10.6 Å². The van der Waals surface area contributed by atoms with Gasteiger partial charge in [0.2, 0.25) is 5.91 Å². The number of rotatable bonds is 8. The molecule has 0 saturated heterocycles. The molecule has 1 fully saturated rings. The van der Waals surface area contributed by atoms with Crippen LogP contribution in [0.3, 0.4) is 0 Å². The lowest BCUT2D eigenvalue weighted by molar-refractivity contribution is -0.124. The van der Waals surface area contributed by atoms with Gasteiger partial charge in [0, 0.05) is 25.6 Å². The van der Waals surface area contributed by atoms with E-state index in [0.29, 0.717) is 13.2 Å². The molecule has 96 valence electrons. The van der Waals surface area contributed by atoms with Crippen molar-refractivity contribution in [3.63, 3.8) is 0 Å². The molecule has 4 nitrogen and oxygen atoms in total. The fourth-order valence-corrected chi connectivity index (χ4v) is 1.35. The van der Waals surface area contributed by atoms with Gasteiger partial charge in [-0.05, 0) is 25.8 Å². The topological polar surface area (TPSA) is 50.4 Å². The number of carbonyl (C=O) groups is 1. The minimum Gasteiger partial charge on any atom is -0.379 e. The second-order valence-corrected chi connectivity index (χ2v) is 4.27. The van der Waals surface area contributed by atoms with Gasteiger partial charge in [0.15, 0.2) is 0 Å². The zero-order valence-corrected chi connectivity index (χ0v) is 10.9. The molecule has 0 radical (unpaired) electrons. The van der Waals surface area contributed by atoms with Crippen LogP contribution in [0.4, 0.5) is 0 Å². The predicted octanol–water partition coefficient (Wildman–Crippen LogP) is 0.806. The van der Waals surface area contributed by atoms with Gasteiger partial charge in [-0.15, -0.1) is 12.4 Å². The third-order valence-electron chi connectivity index (χ3n) is 2.55. The Morgan fingerprint density at radius 3 is 2.75 bits per heavy atom. The van der Waals surface area contributed by atoms with Gasteiger partial charge in [-0.3, -0.25) is 4.79 Å². The van der Waals surface area contributed by atoms with Gasteiger partial charge in [0.05, 0.1) is 6.61 Å². The standard InChI is InChI=1S/C11H22N2O2.ClH/c1-9(7-12-2)11(14)13-5-6-15-8-10-3-4-10;/h9-10,12H,3-8H2,1-2H3,(H,13,14);1H. The highest BCUT2D eigenvalue weighted by molar-refractivity contribution is 5.85. The third kappa shape index (κ3) is 7.04. The van der Waals surface area contributed by atoms with Crippen LogP contribution in [0.1, 0.15) is 19.8 Å². The zero-order chi connectivity index (χ0) is 11.1. The summed E-state index contributed by atoms with van der Waals surface area (Å²) in [5.41, 5.74) is 0. The van der Waals surface area contributed by atoms with Gasteiger partial charge in [0.25, 0.3) is 0 Å². The summed E-state index contributed by atoms with van der Waals surface area (Å²) in [6, 6.07) is 0. The van der Waals surface area contributed by atoms with Crippen molar-refractivity contribution in [2.75, 3.05) is 33.4 Å². The Morgan fingerprint density at radius 2 is 2.19 bits per heavy atom. The van der Waals surface area contributed by atoms with Crippen molar-refractivity contribution < 1.29 is 9.53 Å². The lowest BCUT2D eigenvalue weighted by atomic mass is 10.1. The van der Waals surface area contributed by atoms with E-state index in [1.54, 1.807) is 0 Å². The van der Waals surface area contributed by atoms with Gasteiger partial charge in [0.1, 0.15) is 0 Å². The Bertz CT molecular complexity index is 198. The molecule has 1 aliphatic rings. The summed E-state index contributed by atoms with van der Waals surface area (Å²) in [6.07, 6.45) is 2.62. The first-order valence-electron chi connectivity index (χ1n) is 5.74. The molecule has 1 amide bonds. The van der Waals surface area contributed by atoms with E-state index in [-0.39, 0.29) is 24.2 Å². The lowest BCUT2D eigenvalue weighted by Gasteiger charge is -2.11. The van der Waals surface area contributed by atoms with Crippen LogP contribution in [-0.4, -0.2) is 39.3 Å². The Balaban J connectivity index is 0.00000225. The Labute approximate surface area is 104 Å². The average molecular weight is 251 g/mol. The number of amides is 1. The van der Waals surface area contributed by atoms with Crippen molar-refractivity contribution in [2.24, 2.45) is 11.8 Å². The van der Waals surface area contributed by atoms with Crippen molar-refractivity contribution in [1.82, 2.24) is 10.6 Å². The molecule has 0 aromatic heterocycles. The molecule has 0 bridgehead atoms. The molecular formula is C11H23ClN2O2. The molecule has 5 heteroatoms. The minimum atomic E-state index is 0. The van der Waals surface area contributed by atoms with E-state index < -0.39 is 0 Å². The fraction of sp³-hybridized carbons (Fsp3) is 0.909. The van der Waals surface area contributed by atoms with Gasteiger partial charge in [-0.1, -0.05) is 6.92 Å². The van der Waals surface area contributed by atoms with Crippen LogP contribution in [0.2, 0.25) is 0 Å². The molecule has 1 atom stereocenters. The Kier molecular flexibility index (Phi) is 8.61. The molecule has 1 unspecified atom stereocenters. The molecule has 0 aromatic rings. The van der Waals surface area contributed by atoms with Crippen molar-refractivity contribution in [1.29, 1.82) is 0 Å². The van der Waals surface area contributed by atoms with E-state index in [1.807, 2.05) is 14.0 Å². The van der Waals surface area contributed by atoms with Crippen molar-refractivity contribution in [2.45, 2.75) is 19.8 Å². The molecule has 0 spiro atoms. The Morgan fingerprint density at radius 1 is 1.50 bits per heavy atom. The molecule has 1 rings (SSSR count). The van der Waals surface area contributed by atoms with Crippen LogP contribution in [-0.2, 0) is 9.53 Å². The largest absolute Gasteiger partial charge is 0.379 e. The lowest BCUT2D eigenvalue weighted by Crippen LogP contribution is -2.36. The summed E-state index contributed by atoms with van der Waals surface area (Å²) >= 11 is 0. The number of nitrogens with one attached hydrogen (secondary N) is 2. The first kappa shape index (κ1) is 15.7. The van der Waals surface area contributed by atoms with Crippen molar-refractivity contribution in [3.05, 3.63) is 0 Å². The van der Waals surface area contributed by atoms with Gasteiger partial charge < -0.3 is 15.4 Å². The van der Waals surface area contributed by atoms with Crippen LogP contribution in [0.15, 0.2) is 0 Å². The van der Waals surface area contributed by atoms with E-state index in [0.717, 1.165) is 19.1 Å². The van der Waals surface area contributed by atoms with Crippen molar-refractivity contribution >= 4 is 18.3 Å². The highest BCUT2D eigenvalue weighted by Crippen LogP contribution is 2.28. The monoisotopic (exact) mass is 250 g/mol. The van der Waals surface area contributed by atoms with Crippen LogP contribution in [0.25, 0.3) is 0 Å². The zero-order valence-electron chi connectivity index (χ0n) is 10.1. The minimum absolute atomic E-state index is 0. The van der Waals surface area contributed by atoms with Crippen LogP contribution in [0, 0.1) is 11.8 Å². The second-order valence-electron chi connectivity index (χ2n) is 4.27. The van der Waals surface area contributed by atoms with Gasteiger partial charge in [-0.2, -0.15) is 0 Å². The normalized spacial score (nSPS) is 16.4. The van der Waals surface area contributed by atoms with Crippen molar-refractivity contribution in [3.8, 4) is 0 Å². The number of ether oxygens (including phenoxy) is 1. The van der Waals surface area contributed by atoms with Gasteiger partial charge >= 0.3 is 0 Å². The maximum Gasteiger partial charge on any atom is 0.224 e. The maximum atomic E-state index is 11.4. The molecule has 2 N–H and O–H groups in total. The average Bonchev–Trinajstić information content (AvgIpc) is 3.01. The van der Waals surface area contributed by atoms with Crippen LogP contribution >= 0.6 is 12.4 Å². The van der Waals surface area contributed by atoms with Crippen LogP contribution in [0.5, 0.6) is 0 Å². The first-order valence-corrected chi connectivity index (χ1v) is 5.74. The molecule has 0 aromatic carbocycles. The molecule has 1 aliphatic carbocycles. The van der Waals surface area contributed by atoms with Crippen LogP contribution < -0.4 is 10.6 Å². The van der Waals surface area contributed by atoms with E-state index in [9.17, 15) is 4.79 Å². The molecular weight excluding hydrogens is 228 g/mol. The molecule has 0 heterocycles. The second kappa shape index (κ2) is 8.79. The summed E-state index contributed by atoms with van der Waals surface area (Å²) in [7, 11) is 1.85. The molecule has 16 heavy (non-hydrogen) atoms. The van der Waals surface area contributed by atoms with E-state index >= 15 is 0 Å². The Hall–Kier alpha value is -0.320. The summed E-state index contributed by atoms with van der Waals surface area (Å²) in [5, 5.41) is 5.84. The quantitative estimate of drug-likeness (QED) is 0.627. The van der Waals surface area contributed by atoms with Gasteiger partial charge in [-0.25, -0.2) is 0 Å². The highest BCUT2D eigenvalue weighted by atomic mass is 35.5. The molecule has 0 aliphatic heterocycles. The number of hydrogen-bond acceptors (Lipinski definition) is 3.